The van der Waals surface area contributed by atoms with E-state index in [0.717, 1.165) is 12.2 Å². The summed E-state index contributed by atoms with van der Waals surface area (Å²) in [4.78, 5) is 7.92. The Bertz CT molecular complexity index is 451. The number of nitrogens with two attached hydrogens (primary N) is 1. The highest BCUT2D eigenvalue weighted by molar-refractivity contribution is 5.33. The second kappa shape index (κ2) is 4.61. The summed E-state index contributed by atoms with van der Waals surface area (Å²) in [6.07, 6.45) is 4.05. The molecule has 2 rings (SSSR count). The third kappa shape index (κ3) is 2.48. The number of anilines is 1. The average Bonchev–Trinajstić information content (AvgIpc) is 2.33. The molecule has 4 nitrogen and oxygen atoms in total. The predicted octanol–water partition coefficient (Wildman–Crippen LogP) is 2.41. The van der Waals surface area contributed by atoms with Crippen LogP contribution in [0.1, 0.15) is 12.5 Å². The molecule has 0 saturated heterocycles. The van der Waals surface area contributed by atoms with Gasteiger partial charge in [-0.15, -0.1) is 0 Å². The smallest absolute Gasteiger partial charge is 0.322 e. The van der Waals surface area contributed by atoms with E-state index in [1.54, 1.807) is 0 Å². The fourth-order valence-corrected chi connectivity index (χ4v) is 1.28. The molecule has 0 amide bonds. The van der Waals surface area contributed by atoms with Gasteiger partial charge in [-0.3, -0.25) is 0 Å². The summed E-state index contributed by atoms with van der Waals surface area (Å²) in [5.41, 5.74) is 7.27. The average molecular weight is 215 g/mol. The van der Waals surface area contributed by atoms with Crippen molar-refractivity contribution >= 4 is 5.69 Å². The Morgan fingerprint density at radius 2 is 1.75 bits per heavy atom. The van der Waals surface area contributed by atoms with Gasteiger partial charge in [0.2, 0.25) is 0 Å². The normalized spacial score (nSPS) is 10.1. The minimum Gasteiger partial charge on any atom is -0.424 e. The van der Waals surface area contributed by atoms with Crippen molar-refractivity contribution in [3.05, 3.63) is 42.2 Å². The van der Waals surface area contributed by atoms with Gasteiger partial charge in [-0.05, 0) is 24.1 Å². The molecule has 1 aromatic carbocycles. The number of hydrogen-bond acceptors (Lipinski definition) is 4. The van der Waals surface area contributed by atoms with Gasteiger partial charge < -0.3 is 10.5 Å². The van der Waals surface area contributed by atoms with Gasteiger partial charge in [-0.1, -0.05) is 19.1 Å². The molecule has 2 N–H and O–H groups in total. The fourth-order valence-electron chi connectivity index (χ4n) is 1.28. The lowest BCUT2D eigenvalue weighted by Crippen LogP contribution is -1.93. The summed E-state index contributed by atoms with van der Waals surface area (Å²) in [6.45, 7) is 2.11. The summed E-state index contributed by atoms with van der Waals surface area (Å²) in [5, 5.41) is 0. The van der Waals surface area contributed by atoms with Gasteiger partial charge in [0.25, 0.3) is 0 Å². The van der Waals surface area contributed by atoms with E-state index < -0.39 is 0 Å². The highest BCUT2D eigenvalue weighted by Crippen LogP contribution is 2.18. The molecule has 0 spiro atoms. The molecule has 0 atom stereocenters. The zero-order chi connectivity index (χ0) is 11.4. The molecular weight excluding hydrogens is 202 g/mol. The number of hydrogen-bond donors (Lipinski definition) is 1. The fraction of sp³-hybridized carbons (Fsp3) is 0.167. The van der Waals surface area contributed by atoms with Crippen LogP contribution in [0.3, 0.4) is 0 Å². The third-order valence-corrected chi connectivity index (χ3v) is 2.19. The first-order chi connectivity index (χ1) is 7.78. The number of ether oxygens (including phenoxy) is 1. The molecular formula is C12H13N3O. The minimum absolute atomic E-state index is 0.304. The first-order valence-corrected chi connectivity index (χ1v) is 5.12. The molecule has 0 fully saturated rings. The molecule has 1 aromatic heterocycles. The predicted molar refractivity (Wildman–Crippen MR) is 62.3 cm³/mol. The van der Waals surface area contributed by atoms with Gasteiger partial charge in [-0.25, -0.2) is 9.97 Å². The van der Waals surface area contributed by atoms with E-state index in [1.807, 2.05) is 24.3 Å². The van der Waals surface area contributed by atoms with Crippen LogP contribution in [-0.4, -0.2) is 9.97 Å². The molecule has 4 heteroatoms. The number of aromatic nitrogens is 2. The Labute approximate surface area is 94.1 Å². The first kappa shape index (κ1) is 10.4. The van der Waals surface area contributed by atoms with Crippen molar-refractivity contribution in [2.75, 3.05) is 5.73 Å². The summed E-state index contributed by atoms with van der Waals surface area (Å²) in [6, 6.07) is 8.15. The Morgan fingerprint density at radius 3 is 2.31 bits per heavy atom. The zero-order valence-corrected chi connectivity index (χ0v) is 9.05. The monoisotopic (exact) mass is 215 g/mol. The third-order valence-electron chi connectivity index (χ3n) is 2.19. The van der Waals surface area contributed by atoms with Gasteiger partial charge in [0.1, 0.15) is 5.75 Å². The number of rotatable bonds is 3. The number of aryl methyl sites for hydroxylation is 1. The Hall–Kier alpha value is -2.10. The van der Waals surface area contributed by atoms with Gasteiger partial charge >= 0.3 is 6.01 Å². The van der Waals surface area contributed by atoms with Crippen molar-refractivity contribution in [2.24, 2.45) is 0 Å². The molecule has 0 radical (unpaired) electrons. The summed E-state index contributed by atoms with van der Waals surface area (Å²) < 4.78 is 5.46. The summed E-state index contributed by atoms with van der Waals surface area (Å²) in [7, 11) is 0. The van der Waals surface area contributed by atoms with Crippen LogP contribution >= 0.6 is 0 Å². The van der Waals surface area contributed by atoms with E-state index in [0.29, 0.717) is 11.7 Å². The zero-order valence-electron chi connectivity index (χ0n) is 9.05. The lowest BCUT2D eigenvalue weighted by molar-refractivity contribution is 0.442. The van der Waals surface area contributed by atoms with Crippen molar-refractivity contribution in [1.29, 1.82) is 0 Å². The lowest BCUT2D eigenvalue weighted by atomic mass is 10.2. The Balaban J connectivity index is 2.11. The molecule has 0 saturated carbocycles. The second-order valence-corrected chi connectivity index (χ2v) is 3.40. The molecule has 0 aliphatic rings. The van der Waals surface area contributed by atoms with Crippen LogP contribution in [0.4, 0.5) is 5.69 Å². The van der Waals surface area contributed by atoms with Crippen molar-refractivity contribution in [1.82, 2.24) is 9.97 Å². The first-order valence-electron chi connectivity index (χ1n) is 5.12. The van der Waals surface area contributed by atoms with Crippen molar-refractivity contribution in [2.45, 2.75) is 13.3 Å². The van der Waals surface area contributed by atoms with Crippen molar-refractivity contribution in [3.63, 3.8) is 0 Å². The van der Waals surface area contributed by atoms with Crippen LogP contribution in [0.15, 0.2) is 36.7 Å². The van der Waals surface area contributed by atoms with Crippen LogP contribution < -0.4 is 10.5 Å². The van der Waals surface area contributed by atoms with E-state index >= 15 is 0 Å². The van der Waals surface area contributed by atoms with Crippen LogP contribution in [0, 0.1) is 0 Å². The van der Waals surface area contributed by atoms with E-state index in [4.69, 9.17) is 10.5 Å². The van der Waals surface area contributed by atoms with Crippen LogP contribution in [0.5, 0.6) is 11.8 Å². The van der Waals surface area contributed by atoms with E-state index in [-0.39, 0.29) is 0 Å². The van der Waals surface area contributed by atoms with Crippen molar-refractivity contribution in [3.8, 4) is 11.8 Å². The number of nitrogens with zero attached hydrogens (tertiary/aromatic N) is 2. The largest absolute Gasteiger partial charge is 0.424 e. The molecule has 0 unspecified atom stereocenters. The Kier molecular flexibility index (Phi) is 3.00. The standard InChI is InChI=1S/C12H13N3O/c1-2-9-3-5-11(6-4-9)16-12-14-7-10(13)8-15-12/h3-8H,2,13H2,1H3. The maximum Gasteiger partial charge on any atom is 0.322 e. The van der Waals surface area contributed by atoms with E-state index in [1.165, 1.54) is 18.0 Å². The van der Waals surface area contributed by atoms with E-state index in [2.05, 4.69) is 16.9 Å². The lowest BCUT2D eigenvalue weighted by Gasteiger charge is -2.04. The molecule has 0 aliphatic carbocycles. The van der Waals surface area contributed by atoms with Gasteiger partial charge in [-0.2, -0.15) is 0 Å². The topological polar surface area (TPSA) is 61.0 Å². The van der Waals surface area contributed by atoms with Gasteiger partial charge in [0.05, 0.1) is 18.1 Å². The second-order valence-electron chi connectivity index (χ2n) is 3.40. The Morgan fingerprint density at radius 1 is 1.12 bits per heavy atom. The van der Waals surface area contributed by atoms with Crippen molar-refractivity contribution < 1.29 is 4.74 Å². The summed E-state index contributed by atoms with van der Waals surface area (Å²) >= 11 is 0. The quantitative estimate of drug-likeness (QED) is 0.854. The maximum atomic E-state index is 5.48. The van der Waals surface area contributed by atoms with Crippen LogP contribution in [-0.2, 0) is 6.42 Å². The molecule has 82 valence electrons. The van der Waals surface area contributed by atoms with E-state index in [9.17, 15) is 0 Å². The highest BCUT2D eigenvalue weighted by atomic mass is 16.5. The van der Waals surface area contributed by atoms with Crippen LogP contribution in [0.25, 0.3) is 0 Å². The van der Waals surface area contributed by atoms with Crippen LogP contribution in [0.2, 0.25) is 0 Å². The maximum absolute atomic E-state index is 5.48. The number of benzene rings is 1. The summed E-state index contributed by atoms with van der Waals surface area (Å²) in [5.74, 6) is 0.724. The molecule has 0 aliphatic heterocycles. The molecule has 16 heavy (non-hydrogen) atoms. The van der Waals surface area contributed by atoms with Gasteiger partial charge in [0.15, 0.2) is 0 Å². The number of nitrogen functional groups attached to an aromatic ring is 1. The molecule has 2 aromatic rings. The molecule has 1 heterocycles. The minimum atomic E-state index is 0.304. The SMILES string of the molecule is CCc1ccc(Oc2ncc(N)cn2)cc1. The molecule has 0 bridgehead atoms. The highest BCUT2D eigenvalue weighted by Gasteiger charge is 1.99. The van der Waals surface area contributed by atoms with Gasteiger partial charge in [0, 0.05) is 0 Å².